The predicted molar refractivity (Wildman–Crippen MR) is 92.5 cm³/mol. The highest BCUT2D eigenvalue weighted by atomic mass is 19.4. The number of hydrogen-bond acceptors (Lipinski definition) is 5. The fourth-order valence-electron chi connectivity index (χ4n) is 2.45. The molecule has 1 saturated heterocycles. The Morgan fingerprint density at radius 1 is 1.04 bits per heavy atom. The van der Waals surface area contributed by atoms with Crippen molar-refractivity contribution in [2.45, 2.75) is 45.1 Å². The standard InChI is InChI=1S/C17H19BF3N3O2/c1-15(2)16(3,4)26-18(25-15)11-6-5-7-12(10-11)23-14-22-9-8-13(24-14)17(19,20)21/h5-10H,1-4H3,(H,22,23,24). The van der Waals surface area contributed by atoms with Crippen molar-refractivity contribution in [3.05, 3.63) is 42.2 Å². The molecule has 0 unspecified atom stereocenters. The maximum Gasteiger partial charge on any atom is 0.494 e. The molecule has 9 heteroatoms. The third kappa shape index (κ3) is 3.68. The number of rotatable bonds is 3. The van der Waals surface area contributed by atoms with Gasteiger partial charge in [-0.1, -0.05) is 12.1 Å². The molecule has 0 spiro atoms. The number of benzene rings is 1. The molecule has 0 aliphatic carbocycles. The molecule has 0 bridgehead atoms. The van der Waals surface area contributed by atoms with E-state index in [1.807, 2.05) is 33.8 Å². The first kappa shape index (κ1) is 18.7. The Morgan fingerprint density at radius 2 is 1.69 bits per heavy atom. The molecule has 0 atom stereocenters. The predicted octanol–water partition coefficient (Wildman–Crippen LogP) is 3.54. The van der Waals surface area contributed by atoms with E-state index >= 15 is 0 Å². The van der Waals surface area contributed by atoms with Gasteiger partial charge in [0.2, 0.25) is 5.95 Å². The van der Waals surface area contributed by atoms with Crippen LogP contribution in [0.3, 0.4) is 0 Å². The van der Waals surface area contributed by atoms with E-state index in [4.69, 9.17) is 9.31 Å². The number of anilines is 2. The van der Waals surface area contributed by atoms with Gasteiger partial charge in [0.25, 0.3) is 0 Å². The van der Waals surface area contributed by atoms with Crippen LogP contribution in [0.15, 0.2) is 36.5 Å². The Balaban J connectivity index is 1.81. The second-order valence-electron chi connectivity index (χ2n) is 7.10. The molecular formula is C17H19BF3N3O2. The molecule has 1 aliphatic heterocycles. The van der Waals surface area contributed by atoms with Gasteiger partial charge in [-0.2, -0.15) is 13.2 Å². The van der Waals surface area contributed by atoms with E-state index in [0.29, 0.717) is 5.69 Å². The number of nitrogens with one attached hydrogen (secondary N) is 1. The lowest BCUT2D eigenvalue weighted by Gasteiger charge is -2.32. The van der Waals surface area contributed by atoms with Crippen molar-refractivity contribution >= 4 is 24.2 Å². The van der Waals surface area contributed by atoms with E-state index in [2.05, 4.69) is 15.3 Å². The molecular weight excluding hydrogens is 346 g/mol. The number of halogens is 3. The molecule has 0 saturated carbocycles. The van der Waals surface area contributed by atoms with Crippen molar-refractivity contribution in [3.63, 3.8) is 0 Å². The van der Waals surface area contributed by atoms with Crippen molar-refractivity contribution in [2.24, 2.45) is 0 Å². The van der Waals surface area contributed by atoms with Gasteiger partial charge in [0, 0.05) is 11.9 Å². The largest absolute Gasteiger partial charge is 0.494 e. The lowest BCUT2D eigenvalue weighted by Crippen LogP contribution is -2.41. The van der Waals surface area contributed by atoms with Crippen LogP contribution in [0.2, 0.25) is 0 Å². The normalized spacial score (nSPS) is 18.8. The summed E-state index contributed by atoms with van der Waals surface area (Å²) in [4.78, 5) is 7.34. The minimum absolute atomic E-state index is 0.133. The Kier molecular flexibility index (Phi) is 4.48. The summed E-state index contributed by atoms with van der Waals surface area (Å²) in [5.74, 6) is -0.133. The van der Waals surface area contributed by atoms with Gasteiger partial charge in [-0.25, -0.2) is 9.97 Å². The molecule has 1 N–H and O–H groups in total. The average Bonchev–Trinajstić information content (AvgIpc) is 2.75. The minimum atomic E-state index is -4.52. The van der Waals surface area contributed by atoms with Crippen LogP contribution in [0.4, 0.5) is 24.8 Å². The van der Waals surface area contributed by atoms with Crippen LogP contribution in [-0.2, 0) is 15.5 Å². The maximum atomic E-state index is 12.8. The van der Waals surface area contributed by atoms with Gasteiger partial charge in [0.15, 0.2) is 0 Å². The number of nitrogens with zero attached hydrogens (tertiary/aromatic N) is 2. The zero-order valence-electron chi connectivity index (χ0n) is 14.9. The van der Waals surface area contributed by atoms with Gasteiger partial charge in [0.1, 0.15) is 5.69 Å². The Morgan fingerprint density at radius 3 is 2.31 bits per heavy atom. The van der Waals surface area contributed by atoms with Crippen LogP contribution in [0.1, 0.15) is 33.4 Å². The van der Waals surface area contributed by atoms with Gasteiger partial charge in [0.05, 0.1) is 11.2 Å². The smallest absolute Gasteiger partial charge is 0.399 e. The monoisotopic (exact) mass is 365 g/mol. The van der Waals surface area contributed by atoms with E-state index in [1.165, 1.54) is 0 Å². The molecule has 138 valence electrons. The summed E-state index contributed by atoms with van der Waals surface area (Å²) in [6.45, 7) is 7.80. The molecule has 0 amide bonds. The van der Waals surface area contributed by atoms with Crippen LogP contribution < -0.4 is 10.8 Å². The second-order valence-corrected chi connectivity index (χ2v) is 7.10. The third-order valence-electron chi connectivity index (χ3n) is 4.61. The minimum Gasteiger partial charge on any atom is -0.399 e. The number of aromatic nitrogens is 2. The van der Waals surface area contributed by atoms with E-state index in [1.54, 1.807) is 18.2 Å². The number of hydrogen-bond donors (Lipinski definition) is 1. The summed E-state index contributed by atoms with van der Waals surface area (Å²) in [5.41, 5.74) is -0.675. The topological polar surface area (TPSA) is 56.3 Å². The van der Waals surface area contributed by atoms with Crippen LogP contribution in [-0.4, -0.2) is 28.3 Å². The highest BCUT2D eigenvalue weighted by molar-refractivity contribution is 6.62. The highest BCUT2D eigenvalue weighted by Crippen LogP contribution is 2.36. The van der Waals surface area contributed by atoms with Gasteiger partial charge in [-0.3, -0.25) is 0 Å². The molecule has 2 heterocycles. The molecule has 1 fully saturated rings. The molecule has 5 nitrogen and oxygen atoms in total. The van der Waals surface area contributed by atoms with Crippen molar-refractivity contribution < 1.29 is 22.5 Å². The lowest BCUT2D eigenvalue weighted by atomic mass is 9.79. The first-order valence-electron chi connectivity index (χ1n) is 8.11. The van der Waals surface area contributed by atoms with E-state index < -0.39 is 30.2 Å². The molecule has 1 aromatic carbocycles. The quantitative estimate of drug-likeness (QED) is 0.844. The Hall–Kier alpha value is -2.13. The van der Waals surface area contributed by atoms with Crippen LogP contribution in [0.25, 0.3) is 0 Å². The fraction of sp³-hybridized carbons (Fsp3) is 0.412. The fourth-order valence-corrected chi connectivity index (χ4v) is 2.45. The SMILES string of the molecule is CC1(C)OB(c2cccc(Nc3nccc(C(F)(F)F)n3)c2)OC1(C)C. The van der Waals surface area contributed by atoms with Gasteiger partial charge in [-0.05, 0) is 51.4 Å². The Bertz CT molecular complexity index is 796. The summed E-state index contributed by atoms with van der Waals surface area (Å²) in [5, 5.41) is 2.79. The van der Waals surface area contributed by atoms with Crippen molar-refractivity contribution in [1.29, 1.82) is 0 Å². The molecule has 1 aliphatic rings. The van der Waals surface area contributed by atoms with Gasteiger partial charge < -0.3 is 14.6 Å². The zero-order chi connectivity index (χ0) is 19.2. The molecule has 26 heavy (non-hydrogen) atoms. The maximum absolute atomic E-state index is 12.8. The lowest BCUT2D eigenvalue weighted by molar-refractivity contribution is -0.141. The molecule has 3 rings (SSSR count). The summed E-state index contributed by atoms with van der Waals surface area (Å²) in [6.07, 6.45) is -3.46. The van der Waals surface area contributed by atoms with Crippen molar-refractivity contribution in [3.8, 4) is 0 Å². The molecule has 1 aromatic heterocycles. The van der Waals surface area contributed by atoms with Gasteiger partial charge >= 0.3 is 13.3 Å². The van der Waals surface area contributed by atoms with Gasteiger partial charge in [-0.15, -0.1) is 0 Å². The van der Waals surface area contributed by atoms with E-state index in [0.717, 1.165) is 17.7 Å². The zero-order valence-corrected chi connectivity index (χ0v) is 14.9. The summed E-state index contributed by atoms with van der Waals surface area (Å²) < 4.78 is 50.3. The van der Waals surface area contributed by atoms with Crippen LogP contribution in [0, 0.1) is 0 Å². The second kappa shape index (κ2) is 6.24. The Labute approximate surface area is 150 Å². The highest BCUT2D eigenvalue weighted by Gasteiger charge is 2.51. The van der Waals surface area contributed by atoms with E-state index in [9.17, 15) is 13.2 Å². The first-order valence-corrected chi connectivity index (χ1v) is 8.11. The van der Waals surface area contributed by atoms with Crippen molar-refractivity contribution in [2.75, 3.05) is 5.32 Å². The summed E-state index contributed by atoms with van der Waals surface area (Å²) in [6, 6.07) is 7.87. The molecule has 0 radical (unpaired) electrons. The third-order valence-corrected chi connectivity index (χ3v) is 4.61. The van der Waals surface area contributed by atoms with Crippen LogP contribution >= 0.6 is 0 Å². The molecule has 2 aromatic rings. The first-order chi connectivity index (χ1) is 12.0. The summed E-state index contributed by atoms with van der Waals surface area (Å²) in [7, 11) is -0.566. The van der Waals surface area contributed by atoms with Crippen LogP contribution in [0.5, 0.6) is 0 Å². The van der Waals surface area contributed by atoms with E-state index in [-0.39, 0.29) is 5.95 Å². The number of alkyl halides is 3. The average molecular weight is 365 g/mol. The van der Waals surface area contributed by atoms with Crippen molar-refractivity contribution in [1.82, 2.24) is 9.97 Å². The summed E-state index contributed by atoms with van der Waals surface area (Å²) >= 11 is 0.